The Morgan fingerprint density at radius 2 is 1.70 bits per heavy atom. The van der Waals surface area contributed by atoms with Crippen molar-refractivity contribution in [3.63, 3.8) is 0 Å². The molecule has 1 aliphatic heterocycles. The van der Waals surface area contributed by atoms with Gasteiger partial charge in [0.05, 0.1) is 13.1 Å². The van der Waals surface area contributed by atoms with Crippen molar-refractivity contribution in [2.24, 2.45) is 0 Å². The van der Waals surface area contributed by atoms with E-state index in [2.05, 4.69) is 17.4 Å². The van der Waals surface area contributed by atoms with Crippen LogP contribution in [0, 0.1) is 0 Å². The van der Waals surface area contributed by atoms with E-state index in [1.807, 2.05) is 18.2 Å². The summed E-state index contributed by atoms with van der Waals surface area (Å²) < 4.78 is 0. The molecule has 1 aromatic carbocycles. The van der Waals surface area contributed by atoms with Gasteiger partial charge in [0.2, 0.25) is 0 Å². The van der Waals surface area contributed by atoms with Gasteiger partial charge in [0.25, 0.3) is 5.91 Å². The van der Waals surface area contributed by atoms with Gasteiger partial charge >= 0.3 is 0 Å². The maximum absolute atomic E-state index is 12.7. The molecule has 3 heteroatoms. The van der Waals surface area contributed by atoms with Crippen LogP contribution in [0.15, 0.2) is 30.3 Å². The molecule has 1 aliphatic carbocycles. The molecule has 1 saturated carbocycles. The first-order chi connectivity index (χ1) is 9.84. The maximum Gasteiger partial charge on any atom is 0.283 e. The van der Waals surface area contributed by atoms with E-state index in [4.69, 9.17) is 0 Å². The van der Waals surface area contributed by atoms with Gasteiger partial charge in [-0.1, -0.05) is 30.3 Å². The fraction of sp³-hybridized carbons (Fsp3) is 0.588. The summed E-state index contributed by atoms with van der Waals surface area (Å²) >= 11 is 0. The molecule has 1 saturated heterocycles. The van der Waals surface area contributed by atoms with Gasteiger partial charge in [-0.15, -0.1) is 0 Å². The highest BCUT2D eigenvalue weighted by molar-refractivity contribution is 5.82. The van der Waals surface area contributed by atoms with Crippen LogP contribution in [0.4, 0.5) is 0 Å². The van der Waals surface area contributed by atoms with Gasteiger partial charge in [0.15, 0.2) is 6.04 Å². The Morgan fingerprint density at radius 1 is 1.05 bits per heavy atom. The van der Waals surface area contributed by atoms with Crippen molar-refractivity contribution in [1.29, 1.82) is 0 Å². The first-order valence-corrected chi connectivity index (χ1v) is 8.04. The average molecular weight is 273 g/mol. The second kappa shape index (κ2) is 6.40. The first kappa shape index (κ1) is 13.6. The van der Waals surface area contributed by atoms with Gasteiger partial charge in [-0.2, -0.15) is 0 Å². The summed E-state index contributed by atoms with van der Waals surface area (Å²) in [5.74, 6) is 0.232. The zero-order valence-corrected chi connectivity index (χ0v) is 12.1. The number of nitrogens with one attached hydrogen (secondary N) is 2. The van der Waals surface area contributed by atoms with Crippen LogP contribution >= 0.6 is 0 Å². The number of carbonyl (C=O) groups excluding carboxylic acids is 1. The fourth-order valence-corrected chi connectivity index (χ4v) is 3.20. The van der Waals surface area contributed by atoms with Crippen molar-refractivity contribution in [2.75, 3.05) is 13.1 Å². The molecule has 0 spiro atoms. The summed E-state index contributed by atoms with van der Waals surface area (Å²) in [7, 11) is 0. The Bertz CT molecular complexity index is 434. The highest BCUT2D eigenvalue weighted by Crippen LogP contribution is 2.20. The van der Waals surface area contributed by atoms with Crippen molar-refractivity contribution in [3.8, 4) is 0 Å². The third-order valence-electron chi connectivity index (χ3n) is 4.47. The van der Waals surface area contributed by atoms with Gasteiger partial charge in [-0.25, -0.2) is 0 Å². The lowest BCUT2D eigenvalue weighted by atomic mass is 10.0. The minimum Gasteiger partial charge on any atom is -0.348 e. The molecule has 2 aliphatic rings. The molecule has 0 unspecified atom stereocenters. The van der Waals surface area contributed by atoms with Crippen molar-refractivity contribution >= 4 is 5.91 Å². The number of quaternary nitrogens is 1. The third kappa shape index (κ3) is 3.40. The second-order valence-corrected chi connectivity index (χ2v) is 6.20. The molecule has 1 heterocycles. The predicted octanol–water partition coefficient (Wildman–Crippen LogP) is 1.47. The lowest BCUT2D eigenvalue weighted by Crippen LogP contribution is -3.13. The molecule has 3 rings (SSSR count). The van der Waals surface area contributed by atoms with Crippen LogP contribution in [-0.4, -0.2) is 25.0 Å². The Hall–Kier alpha value is -1.35. The fourth-order valence-electron chi connectivity index (χ4n) is 3.20. The molecule has 108 valence electrons. The van der Waals surface area contributed by atoms with E-state index in [1.165, 1.54) is 36.1 Å². The minimum atomic E-state index is -0.0186. The molecular formula is C17H25N2O+. The molecule has 0 bridgehead atoms. The van der Waals surface area contributed by atoms with Crippen LogP contribution < -0.4 is 10.2 Å². The number of rotatable bonds is 4. The number of carbonyl (C=O) groups is 1. The average Bonchev–Trinajstić information content (AvgIpc) is 3.28. The lowest BCUT2D eigenvalue weighted by molar-refractivity contribution is -0.921. The van der Waals surface area contributed by atoms with Crippen LogP contribution in [0.2, 0.25) is 0 Å². The summed E-state index contributed by atoms with van der Waals surface area (Å²) in [4.78, 5) is 14.1. The molecule has 0 radical (unpaired) electrons. The van der Waals surface area contributed by atoms with E-state index >= 15 is 0 Å². The van der Waals surface area contributed by atoms with Gasteiger partial charge in [0.1, 0.15) is 0 Å². The Labute approximate surface area is 121 Å². The predicted molar refractivity (Wildman–Crippen MR) is 79.5 cm³/mol. The zero-order valence-electron chi connectivity index (χ0n) is 12.1. The van der Waals surface area contributed by atoms with Crippen molar-refractivity contribution < 1.29 is 9.69 Å². The lowest BCUT2D eigenvalue weighted by Gasteiger charge is -2.27. The van der Waals surface area contributed by atoms with E-state index in [1.54, 1.807) is 0 Å². The molecule has 0 aromatic heterocycles. The van der Waals surface area contributed by atoms with Crippen LogP contribution in [-0.2, 0) is 4.79 Å². The highest BCUT2D eigenvalue weighted by Gasteiger charge is 2.35. The monoisotopic (exact) mass is 273 g/mol. The highest BCUT2D eigenvalue weighted by atomic mass is 16.2. The van der Waals surface area contributed by atoms with E-state index in [9.17, 15) is 4.79 Å². The van der Waals surface area contributed by atoms with Crippen LogP contribution in [0.3, 0.4) is 0 Å². The molecular weight excluding hydrogens is 248 g/mol. The number of benzene rings is 1. The normalized spacial score (nSPS) is 22.0. The number of likely N-dealkylation sites (tertiary alicyclic amines) is 1. The van der Waals surface area contributed by atoms with Crippen molar-refractivity contribution in [1.82, 2.24) is 5.32 Å². The van der Waals surface area contributed by atoms with Crippen LogP contribution in [0.1, 0.15) is 50.1 Å². The van der Waals surface area contributed by atoms with E-state index in [0.717, 1.165) is 25.9 Å². The number of amides is 1. The van der Waals surface area contributed by atoms with Crippen LogP contribution in [0.5, 0.6) is 0 Å². The van der Waals surface area contributed by atoms with Crippen LogP contribution in [0.25, 0.3) is 0 Å². The standard InChI is InChI=1S/C17H24N2O/c20-17(18-15-10-11-15)16(14-8-4-3-5-9-14)19-12-6-1-2-7-13-19/h3-5,8-9,15-16H,1-2,6-7,10-13H2,(H,18,20)/p+1/t16-/m0/s1. The SMILES string of the molecule is O=C(NC1CC1)[C@H](c1ccccc1)[NH+]1CCCCCC1. The van der Waals surface area contributed by atoms with Crippen molar-refractivity contribution in [2.45, 2.75) is 50.6 Å². The van der Waals surface area contributed by atoms with Gasteiger partial charge in [0, 0.05) is 11.6 Å². The Kier molecular flexibility index (Phi) is 4.36. The van der Waals surface area contributed by atoms with Gasteiger partial charge in [-0.05, 0) is 38.5 Å². The third-order valence-corrected chi connectivity index (χ3v) is 4.47. The molecule has 2 N–H and O–H groups in total. The molecule has 20 heavy (non-hydrogen) atoms. The van der Waals surface area contributed by atoms with Crippen molar-refractivity contribution in [3.05, 3.63) is 35.9 Å². The quantitative estimate of drug-likeness (QED) is 0.856. The summed E-state index contributed by atoms with van der Waals surface area (Å²) in [6.07, 6.45) is 7.43. The van der Waals surface area contributed by atoms with E-state index in [0.29, 0.717) is 6.04 Å². The number of hydrogen-bond acceptors (Lipinski definition) is 1. The van der Waals surface area contributed by atoms with E-state index < -0.39 is 0 Å². The zero-order chi connectivity index (χ0) is 13.8. The maximum atomic E-state index is 12.7. The van der Waals surface area contributed by atoms with E-state index in [-0.39, 0.29) is 11.9 Å². The first-order valence-electron chi connectivity index (χ1n) is 8.04. The number of hydrogen-bond donors (Lipinski definition) is 2. The second-order valence-electron chi connectivity index (χ2n) is 6.20. The summed E-state index contributed by atoms with van der Waals surface area (Å²) in [6.45, 7) is 2.25. The van der Waals surface area contributed by atoms with Gasteiger partial charge in [-0.3, -0.25) is 4.79 Å². The summed E-state index contributed by atoms with van der Waals surface area (Å²) in [6, 6.07) is 10.8. The summed E-state index contributed by atoms with van der Waals surface area (Å²) in [5.41, 5.74) is 1.17. The largest absolute Gasteiger partial charge is 0.348 e. The Morgan fingerprint density at radius 3 is 2.30 bits per heavy atom. The minimum absolute atomic E-state index is 0.0186. The molecule has 1 amide bonds. The molecule has 1 aromatic rings. The smallest absolute Gasteiger partial charge is 0.283 e. The Balaban J connectivity index is 1.79. The molecule has 3 nitrogen and oxygen atoms in total. The summed E-state index contributed by atoms with van der Waals surface area (Å²) in [5, 5.41) is 3.21. The molecule has 2 fully saturated rings. The molecule has 1 atom stereocenters. The topological polar surface area (TPSA) is 33.5 Å². The van der Waals surface area contributed by atoms with Gasteiger partial charge < -0.3 is 10.2 Å².